The summed E-state index contributed by atoms with van der Waals surface area (Å²) in [4.78, 5) is 15.7. The third-order valence-corrected chi connectivity index (χ3v) is 4.52. The minimum absolute atomic E-state index is 0.314. The number of aromatic nitrogens is 3. The van der Waals surface area contributed by atoms with E-state index in [0.29, 0.717) is 41.6 Å². The van der Waals surface area contributed by atoms with E-state index in [1.807, 2.05) is 17.7 Å². The topological polar surface area (TPSA) is 92.3 Å². The van der Waals surface area contributed by atoms with Crippen LogP contribution in [0, 0.1) is 6.92 Å². The second-order valence-electron chi connectivity index (χ2n) is 6.18. The van der Waals surface area contributed by atoms with Crippen LogP contribution in [0.15, 0.2) is 24.4 Å². The number of ether oxygens (including phenoxy) is 2. The summed E-state index contributed by atoms with van der Waals surface area (Å²) in [7, 11) is 3.15. The van der Waals surface area contributed by atoms with Gasteiger partial charge in [0, 0.05) is 29.6 Å². The monoisotopic (exact) mass is 388 g/mol. The van der Waals surface area contributed by atoms with E-state index in [1.165, 1.54) is 0 Å². The summed E-state index contributed by atoms with van der Waals surface area (Å²) in [5, 5.41) is 4.93. The first-order valence-electron chi connectivity index (χ1n) is 8.48. The fourth-order valence-electron chi connectivity index (χ4n) is 3.13. The fourth-order valence-corrected chi connectivity index (χ4v) is 3.34. The molecule has 1 amide bonds. The number of carbonyl (C=O) groups is 1. The molecule has 2 N–H and O–H groups in total. The molecule has 0 atom stereocenters. The molecule has 3 rings (SSSR count). The average Bonchev–Trinajstić information content (AvgIpc) is 3.04. The van der Waals surface area contributed by atoms with Crippen molar-refractivity contribution in [2.75, 3.05) is 14.2 Å². The molecule has 2 heterocycles. The summed E-state index contributed by atoms with van der Waals surface area (Å²) >= 11 is 6.23. The Labute approximate surface area is 162 Å². The first-order chi connectivity index (χ1) is 12.9. The molecule has 0 radical (unpaired) electrons. The van der Waals surface area contributed by atoms with Crippen LogP contribution in [0.1, 0.15) is 18.4 Å². The molecule has 8 heteroatoms. The van der Waals surface area contributed by atoms with Crippen molar-refractivity contribution in [1.29, 1.82) is 0 Å². The largest absolute Gasteiger partial charge is 0.493 e. The van der Waals surface area contributed by atoms with Gasteiger partial charge < -0.3 is 15.2 Å². The van der Waals surface area contributed by atoms with E-state index >= 15 is 0 Å². The first kappa shape index (κ1) is 19.0. The molecule has 1 aromatic carbocycles. The van der Waals surface area contributed by atoms with Gasteiger partial charge in [0.25, 0.3) is 0 Å². The lowest BCUT2D eigenvalue weighted by Crippen LogP contribution is -2.12. The number of nitrogens with zero attached hydrogens (tertiary/aromatic N) is 3. The number of hydrogen-bond donors (Lipinski definition) is 1. The van der Waals surface area contributed by atoms with Gasteiger partial charge in [-0.1, -0.05) is 11.6 Å². The molecule has 7 nitrogen and oxygen atoms in total. The van der Waals surface area contributed by atoms with Gasteiger partial charge in [-0.15, -0.1) is 0 Å². The maximum atomic E-state index is 10.9. The molecule has 2 aromatic heterocycles. The molecule has 27 heavy (non-hydrogen) atoms. The molecule has 142 valence electrons. The summed E-state index contributed by atoms with van der Waals surface area (Å²) in [6.07, 6.45) is 2.67. The van der Waals surface area contributed by atoms with Crippen molar-refractivity contribution in [1.82, 2.24) is 14.8 Å². The number of halogens is 1. The summed E-state index contributed by atoms with van der Waals surface area (Å²) < 4.78 is 12.7. The zero-order valence-corrected chi connectivity index (χ0v) is 16.2. The zero-order chi connectivity index (χ0) is 19.6. The lowest BCUT2D eigenvalue weighted by atomic mass is 10.1. The molecule has 0 spiro atoms. The Balaban J connectivity index is 2.06. The van der Waals surface area contributed by atoms with E-state index in [-0.39, 0.29) is 5.91 Å². The fraction of sp³-hybridized carbons (Fsp3) is 0.316. The smallest absolute Gasteiger partial charge is 0.217 e. The Bertz CT molecular complexity index is 1000. The molecule has 0 aliphatic carbocycles. The van der Waals surface area contributed by atoms with Crippen LogP contribution in [0.4, 0.5) is 0 Å². The Morgan fingerprint density at radius 3 is 2.70 bits per heavy atom. The molecule has 0 bridgehead atoms. The zero-order valence-electron chi connectivity index (χ0n) is 15.5. The third kappa shape index (κ3) is 3.83. The summed E-state index contributed by atoms with van der Waals surface area (Å²) in [6, 6.07) is 5.46. The number of benzene rings is 1. The predicted octanol–water partition coefficient (Wildman–Crippen LogP) is 3.34. The Hall–Kier alpha value is -2.80. The quantitative estimate of drug-likeness (QED) is 0.670. The van der Waals surface area contributed by atoms with Gasteiger partial charge in [0.1, 0.15) is 5.52 Å². The van der Waals surface area contributed by atoms with E-state index in [1.54, 1.807) is 32.5 Å². The van der Waals surface area contributed by atoms with Crippen LogP contribution in [-0.2, 0) is 11.3 Å². The normalized spacial score (nSPS) is 11.0. The number of carbonyl (C=O) groups excluding carboxylic acids is 1. The third-order valence-electron chi connectivity index (χ3n) is 4.30. The lowest BCUT2D eigenvalue weighted by molar-refractivity contribution is -0.118. The van der Waals surface area contributed by atoms with Crippen LogP contribution >= 0.6 is 11.6 Å². The highest BCUT2D eigenvalue weighted by atomic mass is 35.5. The van der Waals surface area contributed by atoms with Crippen molar-refractivity contribution >= 4 is 28.5 Å². The highest BCUT2D eigenvalue weighted by Crippen LogP contribution is 2.40. The van der Waals surface area contributed by atoms with Crippen molar-refractivity contribution in [2.24, 2.45) is 5.73 Å². The molecule has 3 aromatic rings. The van der Waals surface area contributed by atoms with Crippen molar-refractivity contribution in [3.63, 3.8) is 0 Å². The number of primary amides is 1. The van der Waals surface area contributed by atoms with Crippen LogP contribution in [0.5, 0.6) is 11.5 Å². The maximum absolute atomic E-state index is 10.9. The summed E-state index contributed by atoms with van der Waals surface area (Å²) in [5.41, 5.74) is 9.36. The van der Waals surface area contributed by atoms with E-state index < -0.39 is 0 Å². The maximum Gasteiger partial charge on any atom is 0.217 e. The SMILES string of the molecule is COc1cc(Cl)cc(-c2cc(C)c3c(cnn3CCCC(N)=O)n2)c1OC. The van der Waals surface area contributed by atoms with Gasteiger partial charge in [-0.05, 0) is 31.0 Å². The Morgan fingerprint density at radius 2 is 2.04 bits per heavy atom. The number of hydrogen-bond acceptors (Lipinski definition) is 5. The standard InChI is InChI=1S/C19H21ClN4O3/c1-11-7-14(13-8-12(20)9-16(26-2)19(13)27-3)23-15-10-22-24(18(11)15)6-4-5-17(21)25/h7-10H,4-6H2,1-3H3,(H2,21,25). The van der Waals surface area contributed by atoms with Crippen molar-refractivity contribution < 1.29 is 14.3 Å². The molecule has 0 fully saturated rings. The van der Waals surface area contributed by atoms with Gasteiger partial charge in [0.15, 0.2) is 11.5 Å². The summed E-state index contributed by atoms with van der Waals surface area (Å²) in [5.74, 6) is 0.800. The molecule has 0 aliphatic heterocycles. The van der Waals surface area contributed by atoms with Crippen LogP contribution in [-0.4, -0.2) is 34.9 Å². The Morgan fingerprint density at radius 1 is 1.26 bits per heavy atom. The van der Waals surface area contributed by atoms with Gasteiger partial charge in [-0.2, -0.15) is 5.10 Å². The molecular formula is C19H21ClN4O3. The number of fused-ring (bicyclic) bond motifs is 1. The summed E-state index contributed by atoms with van der Waals surface area (Å²) in [6.45, 7) is 2.59. The highest BCUT2D eigenvalue weighted by Gasteiger charge is 2.17. The Kier molecular flexibility index (Phi) is 5.51. The number of rotatable bonds is 7. The predicted molar refractivity (Wildman–Crippen MR) is 104 cm³/mol. The number of pyridine rings is 1. The lowest BCUT2D eigenvalue weighted by Gasteiger charge is -2.14. The van der Waals surface area contributed by atoms with Gasteiger partial charge in [-0.25, -0.2) is 4.98 Å². The van der Waals surface area contributed by atoms with Crippen molar-refractivity contribution in [3.8, 4) is 22.8 Å². The molecule has 0 unspecified atom stereocenters. The molecule has 0 saturated carbocycles. The van der Waals surface area contributed by atoms with E-state index in [4.69, 9.17) is 31.8 Å². The van der Waals surface area contributed by atoms with Gasteiger partial charge in [0.2, 0.25) is 5.91 Å². The molecule has 0 aliphatic rings. The van der Waals surface area contributed by atoms with Crippen molar-refractivity contribution in [3.05, 3.63) is 35.0 Å². The van der Waals surface area contributed by atoms with Gasteiger partial charge >= 0.3 is 0 Å². The minimum Gasteiger partial charge on any atom is -0.493 e. The van der Waals surface area contributed by atoms with Crippen LogP contribution in [0.2, 0.25) is 5.02 Å². The van der Waals surface area contributed by atoms with Crippen LogP contribution in [0.3, 0.4) is 0 Å². The number of nitrogens with two attached hydrogens (primary N) is 1. The second kappa shape index (κ2) is 7.84. The van der Waals surface area contributed by atoms with Gasteiger partial charge in [0.05, 0.1) is 31.6 Å². The number of aryl methyl sites for hydroxylation is 2. The van der Waals surface area contributed by atoms with E-state index in [0.717, 1.165) is 22.2 Å². The highest BCUT2D eigenvalue weighted by molar-refractivity contribution is 6.31. The molecule has 0 saturated heterocycles. The van der Waals surface area contributed by atoms with Crippen LogP contribution in [0.25, 0.3) is 22.3 Å². The van der Waals surface area contributed by atoms with E-state index in [9.17, 15) is 4.79 Å². The van der Waals surface area contributed by atoms with Crippen LogP contribution < -0.4 is 15.2 Å². The van der Waals surface area contributed by atoms with E-state index in [2.05, 4.69) is 5.10 Å². The van der Waals surface area contributed by atoms with Crippen molar-refractivity contribution in [2.45, 2.75) is 26.3 Å². The second-order valence-corrected chi connectivity index (χ2v) is 6.62. The first-order valence-corrected chi connectivity index (χ1v) is 8.85. The number of amides is 1. The average molecular weight is 389 g/mol. The minimum atomic E-state index is -0.314. The van der Waals surface area contributed by atoms with Gasteiger partial charge in [-0.3, -0.25) is 9.48 Å². The molecular weight excluding hydrogens is 368 g/mol. The number of methoxy groups -OCH3 is 2.